The highest BCUT2D eigenvalue weighted by Gasteiger charge is 2.25. The number of hydrogen-bond acceptors (Lipinski definition) is 4. The Morgan fingerprint density at radius 1 is 0.886 bits per heavy atom. The lowest BCUT2D eigenvalue weighted by atomic mass is 10.0. The van der Waals surface area contributed by atoms with Gasteiger partial charge in [-0.1, -0.05) is 61.5 Å². The number of pyridine rings is 1. The van der Waals surface area contributed by atoms with E-state index in [9.17, 15) is 4.79 Å². The van der Waals surface area contributed by atoms with E-state index in [-0.39, 0.29) is 5.91 Å². The maximum Gasteiger partial charge on any atom is 0.254 e. The molecule has 1 aromatic heterocycles. The Balaban J connectivity index is 1.41. The molecule has 0 aliphatic carbocycles. The van der Waals surface area contributed by atoms with Crippen molar-refractivity contribution < 1.29 is 9.53 Å². The number of aromatic nitrogens is 1. The van der Waals surface area contributed by atoms with Crippen molar-refractivity contribution in [1.82, 2.24) is 9.88 Å². The van der Waals surface area contributed by atoms with Crippen molar-refractivity contribution in [2.75, 3.05) is 37.7 Å². The average Bonchev–Trinajstić information content (AvgIpc) is 2.93. The number of nitrogens with zero attached hydrogens (tertiary/aromatic N) is 3. The Hall–Kier alpha value is -3.86. The number of carbonyl (C=O) groups is 1. The smallest absolute Gasteiger partial charge is 0.254 e. The van der Waals surface area contributed by atoms with Gasteiger partial charge in [-0.05, 0) is 43.2 Å². The Kier molecular flexibility index (Phi) is 6.66. The molecule has 5 rings (SSSR count). The summed E-state index contributed by atoms with van der Waals surface area (Å²) in [7, 11) is 0. The lowest BCUT2D eigenvalue weighted by Gasteiger charge is -2.37. The zero-order chi connectivity index (χ0) is 24.2. The Morgan fingerprint density at radius 3 is 2.34 bits per heavy atom. The van der Waals surface area contributed by atoms with Gasteiger partial charge < -0.3 is 14.5 Å². The third-order valence-corrected chi connectivity index (χ3v) is 6.68. The van der Waals surface area contributed by atoms with Crippen LogP contribution in [0.25, 0.3) is 22.2 Å². The molecule has 0 radical (unpaired) electrons. The SMILES string of the molecule is CCOc1ccccc1N1CCN(C(=O)c2cc(-c3ccc(CC)cc3)nc3ccccc23)CC1. The number of ether oxygens (including phenoxy) is 1. The molecule has 1 fully saturated rings. The fourth-order valence-corrected chi connectivity index (χ4v) is 4.73. The highest BCUT2D eigenvalue weighted by atomic mass is 16.5. The van der Waals surface area contributed by atoms with E-state index >= 15 is 0 Å². The maximum absolute atomic E-state index is 13.8. The van der Waals surface area contributed by atoms with Crippen LogP contribution in [-0.4, -0.2) is 48.6 Å². The molecule has 4 aromatic rings. The molecule has 1 amide bonds. The molecular weight excluding hydrogens is 434 g/mol. The first kappa shape index (κ1) is 22.9. The van der Waals surface area contributed by atoms with Crippen LogP contribution in [0.15, 0.2) is 78.9 Å². The molecular formula is C30H31N3O2. The molecule has 1 aliphatic rings. The van der Waals surface area contributed by atoms with Crippen molar-refractivity contribution in [3.05, 3.63) is 90.0 Å². The summed E-state index contributed by atoms with van der Waals surface area (Å²) in [6, 6.07) is 26.5. The molecule has 0 saturated carbocycles. The van der Waals surface area contributed by atoms with E-state index < -0.39 is 0 Å². The van der Waals surface area contributed by atoms with Crippen molar-refractivity contribution in [2.24, 2.45) is 0 Å². The molecule has 35 heavy (non-hydrogen) atoms. The fraction of sp³-hybridized carbons (Fsp3) is 0.267. The molecule has 0 N–H and O–H groups in total. The lowest BCUT2D eigenvalue weighted by Crippen LogP contribution is -2.49. The summed E-state index contributed by atoms with van der Waals surface area (Å²) >= 11 is 0. The van der Waals surface area contributed by atoms with Crippen LogP contribution in [0, 0.1) is 0 Å². The summed E-state index contributed by atoms with van der Waals surface area (Å²) < 4.78 is 5.82. The summed E-state index contributed by atoms with van der Waals surface area (Å²) in [4.78, 5) is 22.9. The molecule has 5 nitrogen and oxygen atoms in total. The molecule has 1 saturated heterocycles. The summed E-state index contributed by atoms with van der Waals surface area (Å²) in [6.07, 6.45) is 0.996. The third kappa shape index (κ3) is 4.72. The number of carbonyl (C=O) groups excluding carboxylic acids is 1. The van der Waals surface area contributed by atoms with Crippen LogP contribution in [-0.2, 0) is 6.42 Å². The van der Waals surface area contributed by atoms with Crippen LogP contribution in [0.5, 0.6) is 5.75 Å². The predicted molar refractivity (Wildman–Crippen MR) is 142 cm³/mol. The van der Waals surface area contributed by atoms with Crippen molar-refractivity contribution in [3.8, 4) is 17.0 Å². The van der Waals surface area contributed by atoms with Gasteiger partial charge in [0.05, 0.1) is 29.1 Å². The zero-order valence-corrected chi connectivity index (χ0v) is 20.4. The number of piperazine rings is 1. The van der Waals surface area contributed by atoms with Crippen LogP contribution >= 0.6 is 0 Å². The van der Waals surface area contributed by atoms with Crippen LogP contribution < -0.4 is 9.64 Å². The summed E-state index contributed by atoms with van der Waals surface area (Å²) in [6.45, 7) is 7.64. The van der Waals surface area contributed by atoms with Crippen molar-refractivity contribution in [1.29, 1.82) is 0 Å². The van der Waals surface area contributed by atoms with Crippen molar-refractivity contribution >= 4 is 22.5 Å². The van der Waals surface area contributed by atoms with Crippen LogP contribution in [0.4, 0.5) is 5.69 Å². The number of amides is 1. The zero-order valence-electron chi connectivity index (χ0n) is 20.4. The maximum atomic E-state index is 13.8. The second-order valence-corrected chi connectivity index (χ2v) is 8.80. The first-order valence-corrected chi connectivity index (χ1v) is 12.4. The van der Waals surface area contributed by atoms with E-state index in [0.29, 0.717) is 25.3 Å². The highest BCUT2D eigenvalue weighted by molar-refractivity contribution is 6.07. The van der Waals surface area contributed by atoms with E-state index in [0.717, 1.165) is 53.1 Å². The number of aryl methyl sites for hydroxylation is 1. The highest BCUT2D eigenvalue weighted by Crippen LogP contribution is 2.30. The summed E-state index contributed by atoms with van der Waals surface area (Å²) in [5.74, 6) is 0.960. The van der Waals surface area contributed by atoms with E-state index in [4.69, 9.17) is 9.72 Å². The van der Waals surface area contributed by atoms with Gasteiger partial charge in [-0.2, -0.15) is 0 Å². The van der Waals surface area contributed by atoms with Crippen molar-refractivity contribution in [3.63, 3.8) is 0 Å². The molecule has 5 heteroatoms. The second-order valence-electron chi connectivity index (χ2n) is 8.80. The molecule has 0 spiro atoms. The predicted octanol–water partition coefficient (Wildman–Crippen LogP) is 5.83. The van der Waals surface area contributed by atoms with Gasteiger partial charge in [0.15, 0.2) is 0 Å². The molecule has 178 valence electrons. The van der Waals surface area contributed by atoms with E-state index in [1.807, 2.05) is 60.4 Å². The van der Waals surface area contributed by atoms with Gasteiger partial charge in [0.25, 0.3) is 5.91 Å². The van der Waals surface area contributed by atoms with Crippen LogP contribution in [0.2, 0.25) is 0 Å². The van der Waals surface area contributed by atoms with E-state index in [2.05, 4.69) is 42.2 Å². The number of para-hydroxylation sites is 3. The van der Waals surface area contributed by atoms with Crippen molar-refractivity contribution in [2.45, 2.75) is 20.3 Å². The normalized spacial score (nSPS) is 13.8. The molecule has 0 bridgehead atoms. The molecule has 0 unspecified atom stereocenters. The minimum absolute atomic E-state index is 0.0628. The minimum Gasteiger partial charge on any atom is -0.492 e. The number of fused-ring (bicyclic) bond motifs is 1. The van der Waals surface area contributed by atoms with Gasteiger partial charge in [0, 0.05) is 37.1 Å². The van der Waals surface area contributed by atoms with Gasteiger partial charge in [-0.15, -0.1) is 0 Å². The van der Waals surface area contributed by atoms with Gasteiger partial charge in [0.1, 0.15) is 5.75 Å². The second kappa shape index (κ2) is 10.2. The molecule has 2 heterocycles. The topological polar surface area (TPSA) is 45.7 Å². The van der Waals surface area contributed by atoms with E-state index in [1.54, 1.807) is 0 Å². The fourth-order valence-electron chi connectivity index (χ4n) is 4.73. The summed E-state index contributed by atoms with van der Waals surface area (Å²) in [5.41, 5.74) is 5.80. The van der Waals surface area contributed by atoms with Gasteiger partial charge in [-0.3, -0.25) is 4.79 Å². The number of benzene rings is 3. The quantitative estimate of drug-likeness (QED) is 0.360. The van der Waals surface area contributed by atoms with Gasteiger partial charge >= 0.3 is 0 Å². The largest absolute Gasteiger partial charge is 0.492 e. The summed E-state index contributed by atoms with van der Waals surface area (Å²) in [5, 5.41) is 0.899. The molecule has 0 atom stereocenters. The van der Waals surface area contributed by atoms with Gasteiger partial charge in [-0.25, -0.2) is 4.98 Å². The Morgan fingerprint density at radius 2 is 1.60 bits per heavy atom. The monoisotopic (exact) mass is 465 g/mol. The van der Waals surface area contributed by atoms with E-state index in [1.165, 1.54) is 5.56 Å². The van der Waals surface area contributed by atoms with Crippen LogP contribution in [0.3, 0.4) is 0 Å². The standard InChI is InChI=1S/C30H31N3O2/c1-3-22-13-15-23(16-14-22)27-21-25(24-9-5-6-10-26(24)31-27)30(34)33-19-17-32(18-20-33)28-11-7-8-12-29(28)35-4-2/h5-16,21H,3-4,17-20H2,1-2H3. The Bertz CT molecular complexity index is 1330. The average molecular weight is 466 g/mol. The number of hydrogen-bond donors (Lipinski definition) is 0. The number of anilines is 1. The molecule has 3 aromatic carbocycles. The number of rotatable bonds is 6. The first-order valence-electron chi connectivity index (χ1n) is 12.4. The first-order chi connectivity index (χ1) is 17.2. The van der Waals surface area contributed by atoms with Gasteiger partial charge in [0.2, 0.25) is 0 Å². The Labute approximate surface area is 207 Å². The molecule has 1 aliphatic heterocycles. The third-order valence-electron chi connectivity index (χ3n) is 6.68. The van der Waals surface area contributed by atoms with Crippen LogP contribution in [0.1, 0.15) is 29.8 Å². The lowest BCUT2D eigenvalue weighted by molar-refractivity contribution is 0.0748. The minimum atomic E-state index is 0.0628.